The van der Waals surface area contributed by atoms with Gasteiger partial charge in [0.25, 0.3) is 0 Å². The van der Waals surface area contributed by atoms with Crippen molar-refractivity contribution in [2.75, 3.05) is 52.6 Å². The van der Waals surface area contributed by atoms with E-state index in [1.54, 1.807) is 20.8 Å². The highest BCUT2D eigenvalue weighted by molar-refractivity contribution is 5.84. The molecule has 0 aliphatic heterocycles. The molecule has 488 valence electrons. The van der Waals surface area contributed by atoms with Crippen LogP contribution in [-0.4, -0.2) is 105 Å². The number of nitrogens with one attached hydrogen (secondary N) is 3. The summed E-state index contributed by atoms with van der Waals surface area (Å²) in [6, 6.07) is 52.6. The molecule has 0 saturated heterocycles. The van der Waals surface area contributed by atoms with Gasteiger partial charge in [0.1, 0.15) is 24.4 Å². The third-order valence-corrected chi connectivity index (χ3v) is 15.1. The summed E-state index contributed by atoms with van der Waals surface area (Å²) in [5, 5.41) is 17.9. The molecule has 0 unspecified atom stereocenters. The van der Waals surface area contributed by atoms with E-state index in [-0.39, 0.29) is 43.8 Å². The fourth-order valence-corrected chi connectivity index (χ4v) is 10.7. The molecule has 6 aromatic rings. The van der Waals surface area contributed by atoms with E-state index in [4.69, 9.17) is 34.2 Å². The first-order valence-electron chi connectivity index (χ1n) is 31.9. The fourth-order valence-electron chi connectivity index (χ4n) is 10.7. The van der Waals surface area contributed by atoms with Crippen molar-refractivity contribution in [2.24, 2.45) is 17.6 Å². The number of aliphatic carboxylic acids is 1. The Bertz CT molecular complexity index is 3130. The summed E-state index contributed by atoms with van der Waals surface area (Å²) in [6.45, 7) is 15.7. The number of carbonyl (C=O) groups excluding carboxylic acids is 5. The molecule has 17 heteroatoms. The van der Waals surface area contributed by atoms with Crippen LogP contribution in [0, 0.1) is 11.8 Å². The summed E-state index contributed by atoms with van der Waals surface area (Å²) < 4.78 is 32.9. The molecule has 6 N–H and O–H groups in total. The van der Waals surface area contributed by atoms with E-state index in [9.17, 15) is 33.9 Å². The van der Waals surface area contributed by atoms with Gasteiger partial charge in [-0.25, -0.2) is 9.59 Å². The second-order valence-electron chi connectivity index (χ2n) is 24.7. The van der Waals surface area contributed by atoms with E-state index in [2.05, 4.69) is 64.5 Å². The number of esters is 2. The fraction of sp³-hybridized carbons (Fsp3) is 0.432. The number of nitrogens with two attached hydrogens (primary N) is 1. The maximum atomic E-state index is 13.2. The van der Waals surface area contributed by atoms with Crippen LogP contribution in [0.1, 0.15) is 151 Å². The highest BCUT2D eigenvalue weighted by Gasteiger charge is 2.32. The van der Waals surface area contributed by atoms with Crippen molar-refractivity contribution < 1.29 is 62.3 Å². The largest absolute Gasteiger partial charge is 0.481 e. The van der Waals surface area contributed by atoms with Crippen molar-refractivity contribution in [3.63, 3.8) is 0 Å². The van der Waals surface area contributed by atoms with Crippen LogP contribution in [0.15, 0.2) is 158 Å². The Labute approximate surface area is 537 Å². The first kappa shape index (κ1) is 71.7. The third kappa shape index (κ3) is 25.4. The van der Waals surface area contributed by atoms with Crippen molar-refractivity contribution in [1.29, 1.82) is 0 Å². The van der Waals surface area contributed by atoms with Crippen LogP contribution in [0.5, 0.6) is 0 Å². The molecule has 0 radical (unpaired) electrons. The SMILES string of the molecule is CC(C)(C)OC(=O)NCCCC[C@H](CC(=O)OCC1c2ccccc2-c2ccccc21)C(=O)NCCCOCc1ccccc1.CC(C)(C)OC(=O)NCCCC[C@H](CC(=O)OCC1c2ccccc2-c2ccccc21)C(=O)O.NCCCOCc1ccccc1. The average molecular weight is 1250 g/mol. The van der Waals surface area contributed by atoms with Gasteiger partial charge < -0.3 is 55.2 Å². The Morgan fingerprint density at radius 2 is 0.802 bits per heavy atom. The molecule has 2 aliphatic rings. The molecule has 2 aliphatic carbocycles. The van der Waals surface area contributed by atoms with Crippen LogP contribution in [0.4, 0.5) is 9.59 Å². The van der Waals surface area contributed by atoms with E-state index in [0.29, 0.717) is 90.9 Å². The van der Waals surface area contributed by atoms with Gasteiger partial charge in [-0.05, 0) is 142 Å². The smallest absolute Gasteiger partial charge is 0.407 e. The predicted molar refractivity (Wildman–Crippen MR) is 353 cm³/mol. The van der Waals surface area contributed by atoms with Gasteiger partial charge in [0.15, 0.2) is 0 Å². The minimum absolute atomic E-state index is 0.00809. The number of unbranched alkanes of at least 4 members (excludes halogenated alkanes) is 2. The lowest BCUT2D eigenvalue weighted by atomic mass is 9.96. The monoisotopic (exact) mass is 1250 g/mol. The molecule has 8 rings (SSSR count). The molecule has 17 nitrogen and oxygen atoms in total. The zero-order valence-corrected chi connectivity index (χ0v) is 53.9. The maximum Gasteiger partial charge on any atom is 0.407 e. The van der Waals surface area contributed by atoms with Crippen LogP contribution < -0.4 is 21.7 Å². The third-order valence-electron chi connectivity index (χ3n) is 15.1. The summed E-state index contributed by atoms with van der Waals surface area (Å²) in [5.74, 6) is -3.55. The van der Waals surface area contributed by atoms with Crippen LogP contribution in [0.25, 0.3) is 22.3 Å². The Morgan fingerprint density at radius 3 is 1.19 bits per heavy atom. The quantitative estimate of drug-likeness (QED) is 0.0155. The molecular formula is C74H94N4O13. The average Bonchev–Trinajstić information content (AvgIpc) is 1.64. The number of rotatable bonds is 31. The van der Waals surface area contributed by atoms with Gasteiger partial charge in [-0.15, -0.1) is 0 Å². The van der Waals surface area contributed by atoms with Gasteiger partial charge >= 0.3 is 30.1 Å². The zero-order chi connectivity index (χ0) is 65.4. The van der Waals surface area contributed by atoms with Gasteiger partial charge in [-0.1, -0.05) is 171 Å². The first-order chi connectivity index (χ1) is 43.8. The van der Waals surface area contributed by atoms with Crippen molar-refractivity contribution in [3.8, 4) is 22.3 Å². The normalized spacial score (nSPS) is 12.8. The van der Waals surface area contributed by atoms with Crippen LogP contribution >= 0.6 is 0 Å². The Morgan fingerprint density at radius 1 is 0.451 bits per heavy atom. The van der Waals surface area contributed by atoms with Crippen LogP contribution in [0.3, 0.4) is 0 Å². The van der Waals surface area contributed by atoms with E-state index in [1.807, 2.05) is 130 Å². The number of hydrogen-bond acceptors (Lipinski definition) is 13. The van der Waals surface area contributed by atoms with E-state index >= 15 is 0 Å². The molecule has 0 aromatic heterocycles. The lowest BCUT2D eigenvalue weighted by Gasteiger charge is -2.20. The minimum Gasteiger partial charge on any atom is -0.481 e. The topological polar surface area (TPSA) is 240 Å². The molecule has 0 saturated carbocycles. The van der Waals surface area contributed by atoms with E-state index in [0.717, 1.165) is 52.0 Å². The number of benzene rings is 6. The summed E-state index contributed by atoms with van der Waals surface area (Å²) >= 11 is 0. The molecule has 0 bridgehead atoms. The number of fused-ring (bicyclic) bond motifs is 6. The number of carboxylic acid groups (broad SMARTS) is 1. The van der Waals surface area contributed by atoms with Crippen molar-refractivity contribution in [1.82, 2.24) is 16.0 Å². The second kappa shape index (κ2) is 37.7. The van der Waals surface area contributed by atoms with Gasteiger partial charge in [0.05, 0.1) is 32.0 Å². The Hall–Kier alpha value is -8.38. The summed E-state index contributed by atoms with van der Waals surface area (Å²) in [5.41, 5.74) is 15.6. The molecule has 2 atom stereocenters. The van der Waals surface area contributed by atoms with E-state index < -0.39 is 53.1 Å². The van der Waals surface area contributed by atoms with Crippen LogP contribution in [-0.2, 0) is 60.8 Å². The number of carboxylic acids is 1. The predicted octanol–water partition coefficient (Wildman–Crippen LogP) is 13.4. The van der Waals surface area contributed by atoms with Gasteiger partial charge in [0, 0.05) is 50.6 Å². The number of amides is 3. The minimum atomic E-state index is -1.02. The lowest BCUT2D eigenvalue weighted by molar-refractivity contribution is -0.152. The van der Waals surface area contributed by atoms with Crippen LogP contribution in [0.2, 0.25) is 0 Å². The van der Waals surface area contributed by atoms with Gasteiger partial charge in [0.2, 0.25) is 5.91 Å². The van der Waals surface area contributed by atoms with Crippen molar-refractivity contribution >= 4 is 36.0 Å². The van der Waals surface area contributed by atoms with Crippen molar-refractivity contribution in [3.05, 3.63) is 191 Å². The summed E-state index contributed by atoms with van der Waals surface area (Å²) in [4.78, 5) is 74.1. The second-order valence-corrected chi connectivity index (χ2v) is 24.7. The number of carbonyl (C=O) groups is 6. The number of hydrogen-bond donors (Lipinski definition) is 5. The Kier molecular flexibility index (Phi) is 29.7. The molecule has 0 fully saturated rings. The molecule has 0 spiro atoms. The van der Waals surface area contributed by atoms with Gasteiger partial charge in [-0.3, -0.25) is 19.2 Å². The van der Waals surface area contributed by atoms with Gasteiger partial charge in [-0.2, -0.15) is 0 Å². The highest BCUT2D eigenvalue weighted by Crippen LogP contribution is 2.46. The molecular weight excluding hydrogens is 1150 g/mol. The molecule has 91 heavy (non-hydrogen) atoms. The number of ether oxygens (including phenoxy) is 6. The molecule has 0 heterocycles. The zero-order valence-electron chi connectivity index (χ0n) is 53.9. The summed E-state index contributed by atoms with van der Waals surface area (Å²) in [7, 11) is 0. The number of alkyl carbamates (subject to hydrolysis) is 2. The van der Waals surface area contributed by atoms with E-state index in [1.165, 1.54) is 16.7 Å². The maximum absolute atomic E-state index is 13.2. The highest BCUT2D eigenvalue weighted by atomic mass is 16.6. The lowest BCUT2D eigenvalue weighted by Crippen LogP contribution is -2.34. The van der Waals surface area contributed by atoms with Crippen molar-refractivity contribution in [2.45, 2.75) is 142 Å². The summed E-state index contributed by atoms with van der Waals surface area (Å²) in [6.07, 6.45) is 3.74. The molecule has 3 amide bonds. The molecule has 6 aromatic carbocycles. The Balaban J connectivity index is 0.000000251. The first-order valence-corrected chi connectivity index (χ1v) is 31.9. The standard InChI is InChI=1S/C37H46N2O6.C27H33NO6.C10H15NO/c1-37(2,3)45-36(42)39-21-12-11-16-28(35(41)38-22-13-23-43-25-27-14-5-4-6-15-27)24-34(40)44-26-33-31-19-9-7-17-29(31)30-18-8-10-20-32(30)33;1-27(2,3)34-26(32)28-15-9-8-10-18(25(30)31)16-24(29)33-17-23-21-13-6-4-11-19(21)20-12-5-7-14-22(20)23;11-7-4-8-12-9-10-5-2-1-3-6-10/h4-10,14-15,17-20,28,33H,11-13,16,21-26H2,1-3H3,(H,38,41)(H,39,42);4-7,11-14,18,23H,8-10,15-17H2,1-3H3,(H,28,32)(H,30,31);1-3,5-6H,4,7-9,11H2/t28-;18-;/m11./s1.